The van der Waals surface area contributed by atoms with E-state index in [4.69, 9.17) is 11.6 Å². The number of rotatable bonds is 1. The second-order valence-corrected chi connectivity index (χ2v) is 6.20. The minimum Gasteiger partial charge on any atom is -0.292 e. The molecule has 1 saturated carbocycles. The van der Waals surface area contributed by atoms with Gasteiger partial charge in [-0.3, -0.25) is 14.6 Å². The summed E-state index contributed by atoms with van der Waals surface area (Å²) in [7, 11) is 0. The molecule has 1 unspecified atom stereocenters. The summed E-state index contributed by atoms with van der Waals surface area (Å²) >= 11 is 6.21. The summed E-state index contributed by atoms with van der Waals surface area (Å²) in [6.07, 6.45) is 6.68. The van der Waals surface area contributed by atoms with Gasteiger partial charge in [-0.2, -0.15) is 0 Å². The van der Waals surface area contributed by atoms with Gasteiger partial charge in [0.25, 0.3) is 0 Å². The average molecular weight is 304 g/mol. The van der Waals surface area contributed by atoms with E-state index in [2.05, 4.69) is 4.99 Å². The van der Waals surface area contributed by atoms with E-state index in [-0.39, 0.29) is 23.3 Å². The number of ketones is 2. The molecule has 2 aliphatic rings. The maximum Gasteiger partial charge on any atom is 0.209 e. The van der Waals surface area contributed by atoms with Gasteiger partial charge in [-0.1, -0.05) is 49.9 Å². The second-order valence-electron chi connectivity index (χ2n) is 5.76. The van der Waals surface area contributed by atoms with E-state index in [1.54, 1.807) is 24.3 Å². The molecule has 0 heterocycles. The topological polar surface area (TPSA) is 46.5 Å². The minimum absolute atomic E-state index is 0.130. The second kappa shape index (κ2) is 6.10. The molecule has 3 rings (SSSR count). The van der Waals surface area contributed by atoms with Crippen molar-refractivity contribution in [3.05, 3.63) is 35.4 Å². The number of alkyl halides is 1. The molecule has 0 amide bonds. The zero-order valence-electron chi connectivity index (χ0n) is 11.8. The van der Waals surface area contributed by atoms with Crippen LogP contribution in [0.25, 0.3) is 0 Å². The molecule has 3 nitrogen and oxygen atoms in total. The Labute approximate surface area is 129 Å². The van der Waals surface area contributed by atoms with E-state index < -0.39 is 5.38 Å². The Morgan fingerprint density at radius 3 is 2.24 bits per heavy atom. The molecule has 4 heteroatoms. The molecular weight excluding hydrogens is 286 g/mol. The van der Waals surface area contributed by atoms with Crippen LogP contribution >= 0.6 is 11.6 Å². The highest BCUT2D eigenvalue weighted by Gasteiger charge is 2.37. The highest BCUT2D eigenvalue weighted by Crippen LogP contribution is 2.26. The summed E-state index contributed by atoms with van der Waals surface area (Å²) in [5, 5.41) is -0.935. The lowest BCUT2D eigenvalue weighted by molar-refractivity contribution is 0.0967. The van der Waals surface area contributed by atoms with E-state index in [1.165, 1.54) is 12.8 Å². The van der Waals surface area contributed by atoms with Gasteiger partial charge in [0.2, 0.25) is 5.78 Å². The number of aliphatic imine (C=N–C) groups is 1. The lowest BCUT2D eigenvalue weighted by atomic mass is 9.87. The quantitative estimate of drug-likeness (QED) is 0.584. The van der Waals surface area contributed by atoms with Crippen molar-refractivity contribution in [1.29, 1.82) is 0 Å². The van der Waals surface area contributed by atoms with Crippen LogP contribution in [0.1, 0.15) is 59.2 Å². The van der Waals surface area contributed by atoms with E-state index >= 15 is 0 Å². The van der Waals surface area contributed by atoms with Gasteiger partial charge in [0, 0.05) is 11.1 Å². The number of halogens is 1. The molecular formula is C17H18ClNO2. The van der Waals surface area contributed by atoms with Gasteiger partial charge in [-0.25, -0.2) is 0 Å². The third kappa shape index (κ3) is 2.80. The SMILES string of the molecule is O=C1C(=NC2CCCCCC2)C(Cl)C(=O)c2ccccc21. The fraction of sp³-hybridized carbons (Fsp3) is 0.471. The van der Waals surface area contributed by atoms with Crippen molar-refractivity contribution in [2.45, 2.75) is 49.9 Å². The maximum absolute atomic E-state index is 12.6. The highest BCUT2D eigenvalue weighted by atomic mass is 35.5. The Morgan fingerprint density at radius 1 is 0.952 bits per heavy atom. The van der Waals surface area contributed by atoms with Crippen molar-refractivity contribution in [2.24, 2.45) is 4.99 Å². The predicted octanol–water partition coefficient (Wildman–Crippen LogP) is 3.84. The Kier molecular flexibility index (Phi) is 4.20. The van der Waals surface area contributed by atoms with Gasteiger partial charge in [-0.05, 0) is 12.8 Å². The van der Waals surface area contributed by atoms with Gasteiger partial charge in [0.05, 0.1) is 6.04 Å². The number of fused-ring (bicyclic) bond motifs is 1. The molecule has 0 N–H and O–H groups in total. The van der Waals surface area contributed by atoms with Crippen LogP contribution in [-0.2, 0) is 0 Å². The smallest absolute Gasteiger partial charge is 0.209 e. The molecule has 0 aliphatic heterocycles. The Hall–Kier alpha value is -1.48. The fourth-order valence-electron chi connectivity index (χ4n) is 3.12. The standard InChI is InChI=1S/C17H18ClNO2/c18-14-15(19-11-7-3-1-2-4-8-11)17(21)13-10-6-5-9-12(13)16(14)20/h5-6,9-11,14H,1-4,7-8H2. The van der Waals surface area contributed by atoms with Crippen molar-refractivity contribution >= 4 is 28.9 Å². The fourth-order valence-corrected chi connectivity index (χ4v) is 3.39. The third-order valence-corrected chi connectivity index (χ3v) is 4.69. The lowest BCUT2D eigenvalue weighted by Crippen LogP contribution is -2.38. The van der Waals surface area contributed by atoms with Crippen molar-refractivity contribution < 1.29 is 9.59 Å². The minimum atomic E-state index is -0.935. The van der Waals surface area contributed by atoms with E-state index in [1.807, 2.05) is 0 Å². The number of hydrogen-bond donors (Lipinski definition) is 0. The van der Waals surface area contributed by atoms with Crippen molar-refractivity contribution in [3.8, 4) is 0 Å². The number of hydrogen-bond acceptors (Lipinski definition) is 3. The van der Waals surface area contributed by atoms with Gasteiger partial charge in [-0.15, -0.1) is 11.6 Å². The maximum atomic E-state index is 12.6. The largest absolute Gasteiger partial charge is 0.292 e. The molecule has 1 aromatic carbocycles. The summed E-state index contributed by atoms with van der Waals surface area (Å²) in [5.74, 6) is -0.395. The Balaban J connectivity index is 1.95. The van der Waals surface area contributed by atoms with Crippen molar-refractivity contribution in [3.63, 3.8) is 0 Å². The molecule has 0 saturated heterocycles. The first-order valence-corrected chi connectivity index (χ1v) is 8.02. The van der Waals surface area contributed by atoms with Gasteiger partial charge >= 0.3 is 0 Å². The number of benzene rings is 1. The Bertz CT molecular complexity index is 601. The van der Waals surface area contributed by atoms with Gasteiger partial charge < -0.3 is 0 Å². The number of nitrogens with zero attached hydrogens (tertiary/aromatic N) is 1. The zero-order chi connectivity index (χ0) is 14.8. The monoisotopic (exact) mass is 303 g/mol. The van der Waals surface area contributed by atoms with Crippen LogP contribution in [0.5, 0.6) is 0 Å². The first-order chi connectivity index (χ1) is 10.2. The first-order valence-electron chi connectivity index (χ1n) is 7.58. The highest BCUT2D eigenvalue weighted by molar-refractivity contribution is 6.64. The molecule has 0 aromatic heterocycles. The van der Waals surface area contributed by atoms with Crippen LogP contribution in [0, 0.1) is 0 Å². The van der Waals surface area contributed by atoms with E-state index in [9.17, 15) is 9.59 Å². The molecule has 1 atom stereocenters. The summed E-state index contributed by atoms with van der Waals surface area (Å²) in [6, 6.07) is 6.99. The molecule has 1 fully saturated rings. The van der Waals surface area contributed by atoms with Crippen LogP contribution in [-0.4, -0.2) is 28.7 Å². The molecule has 0 spiro atoms. The summed E-state index contributed by atoms with van der Waals surface area (Å²) in [4.78, 5) is 29.5. The van der Waals surface area contributed by atoms with Crippen LogP contribution < -0.4 is 0 Å². The van der Waals surface area contributed by atoms with E-state index in [0.29, 0.717) is 11.1 Å². The van der Waals surface area contributed by atoms with E-state index in [0.717, 1.165) is 25.7 Å². The lowest BCUT2D eigenvalue weighted by Gasteiger charge is -2.21. The summed E-state index contributed by atoms with van der Waals surface area (Å²) < 4.78 is 0. The number of Topliss-reactive ketones (excluding diaryl/α,β-unsaturated/α-hetero) is 2. The van der Waals surface area contributed by atoms with Crippen LogP contribution in [0.3, 0.4) is 0 Å². The van der Waals surface area contributed by atoms with Crippen LogP contribution in [0.2, 0.25) is 0 Å². The van der Waals surface area contributed by atoms with Crippen LogP contribution in [0.4, 0.5) is 0 Å². The van der Waals surface area contributed by atoms with Crippen molar-refractivity contribution in [2.75, 3.05) is 0 Å². The molecule has 0 bridgehead atoms. The predicted molar refractivity (Wildman–Crippen MR) is 83.7 cm³/mol. The first kappa shape index (κ1) is 14.5. The third-order valence-electron chi connectivity index (χ3n) is 4.29. The number of carbonyl (C=O) groups is 2. The molecule has 1 aromatic rings. The zero-order valence-corrected chi connectivity index (χ0v) is 12.6. The van der Waals surface area contributed by atoms with Gasteiger partial charge in [0.1, 0.15) is 11.1 Å². The Morgan fingerprint density at radius 2 is 1.57 bits per heavy atom. The van der Waals surface area contributed by atoms with Crippen molar-refractivity contribution in [1.82, 2.24) is 0 Å². The normalized spacial score (nSPS) is 25.8. The molecule has 2 aliphatic carbocycles. The summed E-state index contributed by atoms with van der Waals surface area (Å²) in [5.41, 5.74) is 1.10. The van der Waals surface area contributed by atoms with Gasteiger partial charge in [0.15, 0.2) is 5.78 Å². The molecule has 110 valence electrons. The summed E-state index contributed by atoms with van der Waals surface area (Å²) in [6.45, 7) is 0. The van der Waals surface area contributed by atoms with Crippen LogP contribution in [0.15, 0.2) is 29.3 Å². The molecule has 0 radical (unpaired) electrons. The average Bonchev–Trinajstić information content (AvgIpc) is 2.78. The molecule has 21 heavy (non-hydrogen) atoms. The number of carbonyl (C=O) groups excluding carboxylic acids is 2.